The zero-order valence-corrected chi connectivity index (χ0v) is 15.7. The van der Waals surface area contributed by atoms with Crippen LogP contribution in [0, 0.1) is 0 Å². The molecule has 0 radical (unpaired) electrons. The fraction of sp³-hybridized carbons (Fsp3) is 0.211. The molecule has 0 aromatic carbocycles. The van der Waals surface area contributed by atoms with Gasteiger partial charge in [0, 0.05) is 31.6 Å². The van der Waals surface area contributed by atoms with E-state index in [1.54, 1.807) is 47.3 Å². The van der Waals surface area contributed by atoms with E-state index in [0.29, 0.717) is 12.1 Å². The first-order valence-electron chi connectivity index (χ1n) is 9.01. The summed E-state index contributed by atoms with van der Waals surface area (Å²) in [6.07, 6.45) is 6.41. The van der Waals surface area contributed by atoms with E-state index in [1.165, 1.54) is 0 Å². The summed E-state index contributed by atoms with van der Waals surface area (Å²) in [7, 11) is 1.79. The summed E-state index contributed by atoms with van der Waals surface area (Å²) in [6.45, 7) is 0.846. The summed E-state index contributed by atoms with van der Waals surface area (Å²) in [5.41, 5.74) is 7.36. The number of hydrogen-bond acceptors (Lipinski definition) is 6. The number of pyridine rings is 1. The van der Waals surface area contributed by atoms with Crippen molar-refractivity contribution in [2.45, 2.75) is 19.4 Å². The van der Waals surface area contributed by atoms with Crippen LogP contribution in [0.5, 0.6) is 0 Å². The molecule has 0 fully saturated rings. The number of carbonyl (C=O) groups excluding carboxylic acids is 2. The first kappa shape index (κ1) is 18.4. The number of primary amides is 1. The van der Waals surface area contributed by atoms with E-state index in [1.807, 2.05) is 22.9 Å². The monoisotopic (exact) mass is 393 g/mol. The number of nitrogens with zero attached hydrogens (tertiary/aromatic N) is 6. The first-order valence-corrected chi connectivity index (χ1v) is 9.01. The quantitative estimate of drug-likeness (QED) is 0.553. The Kier molecular flexibility index (Phi) is 4.82. The van der Waals surface area contributed by atoms with Crippen molar-refractivity contribution in [3.05, 3.63) is 54.9 Å². The normalized spacial score (nSPS) is 13.6. The van der Waals surface area contributed by atoms with Crippen molar-refractivity contribution < 1.29 is 14.0 Å². The van der Waals surface area contributed by atoms with E-state index in [2.05, 4.69) is 15.2 Å². The zero-order valence-electron chi connectivity index (χ0n) is 15.7. The van der Waals surface area contributed by atoms with Crippen LogP contribution in [0.25, 0.3) is 16.9 Å². The third-order valence-corrected chi connectivity index (χ3v) is 4.57. The van der Waals surface area contributed by atoms with Gasteiger partial charge in [0.2, 0.25) is 11.7 Å². The minimum Gasteiger partial charge on any atom is -0.472 e. The molecule has 4 aromatic heterocycles. The van der Waals surface area contributed by atoms with E-state index in [9.17, 15) is 9.59 Å². The van der Waals surface area contributed by atoms with Crippen molar-refractivity contribution in [3.8, 4) is 11.3 Å². The van der Waals surface area contributed by atoms with Gasteiger partial charge in [-0.25, -0.2) is 14.2 Å². The lowest BCUT2D eigenvalue weighted by Crippen LogP contribution is -2.25. The van der Waals surface area contributed by atoms with Gasteiger partial charge in [-0.05, 0) is 24.6 Å². The number of carbonyl (C=O) groups is 2. The van der Waals surface area contributed by atoms with E-state index in [4.69, 9.17) is 10.2 Å². The molecule has 0 atom stereocenters. The minimum atomic E-state index is -0.646. The van der Waals surface area contributed by atoms with Crippen LogP contribution in [-0.2, 0) is 11.3 Å². The Morgan fingerprint density at radius 2 is 2.10 bits per heavy atom. The number of furan rings is 1. The van der Waals surface area contributed by atoms with Gasteiger partial charge in [0.1, 0.15) is 5.82 Å². The number of aryl methyl sites for hydroxylation is 1. The van der Waals surface area contributed by atoms with Gasteiger partial charge in [0.15, 0.2) is 5.65 Å². The second-order valence-electron chi connectivity index (χ2n) is 6.46. The maximum atomic E-state index is 11.4. The van der Waals surface area contributed by atoms with E-state index >= 15 is 0 Å². The maximum Gasteiger partial charge on any atom is 0.288 e. The molecule has 1 aliphatic heterocycles. The fourth-order valence-corrected chi connectivity index (χ4v) is 3.10. The van der Waals surface area contributed by atoms with Crippen molar-refractivity contribution in [1.29, 1.82) is 0 Å². The SMILES string of the molecule is CN1C(=O)CCCn2nccc21.NC(=O)c1nc2cccc(-c3ccoc3)n2n1. The molecule has 4 aromatic rings. The molecule has 2 N–H and O–H groups in total. The number of hydrogen-bond donors (Lipinski definition) is 1. The highest BCUT2D eigenvalue weighted by atomic mass is 16.3. The summed E-state index contributed by atoms with van der Waals surface area (Å²) >= 11 is 0. The Bertz CT molecular complexity index is 1160. The molecule has 29 heavy (non-hydrogen) atoms. The maximum absolute atomic E-state index is 11.4. The molecule has 10 heteroatoms. The zero-order chi connectivity index (χ0) is 20.4. The van der Waals surface area contributed by atoms with Crippen LogP contribution in [0.1, 0.15) is 23.5 Å². The molecule has 5 rings (SSSR count). The van der Waals surface area contributed by atoms with E-state index in [0.717, 1.165) is 30.0 Å². The van der Waals surface area contributed by atoms with Gasteiger partial charge in [-0.3, -0.25) is 9.59 Å². The number of fused-ring (bicyclic) bond motifs is 2. The van der Waals surface area contributed by atoms with E-state index in [-0.39, 0.29) is 11.7 Å². The molecule has 5 heterocycles. The molecule has 0 aliphatic carbocycles. The number of aromatic nitrogens is 5. The average molecular weight is 393 g/mol. The predicted octanol–water partition coefficient (Wildman–Crippen LogP) is 1.73. The Morgan fingerprint density at radius 1 is 1.24 bits per heavy atom. The van der Waals surface area contributed by atoms with Crippen molar-refractivity contribution in [1.82, 2.24) is 24.4 Å². The average Bonchev–Trinajstić information content (AvgIpc) is 3.45. The largest absolute Gasteiger partial charge is 0.472 e. The minimum absolute atomic E-state index is 0.000875. The molecular weight excluding hydrogens is 374 g/mol. The van der Waals surface area contributed by atoms with E-state index < -0.39 is 5.91 Å². The van der Waals surface area contributed by atoms with Crippen LogP contribution >= 0.6 is 0 Å². The van der Waals surface area contributed by atoms with Crippen molar-refractivity contribution in [2.75, 3.05) is 11.9 Å². The second-order valence-corrected chi connectivity index (χ2v) is 6.46. The lowest BCUT2D eigenvalue weighted by molar-refractivity contribution is -0.118. The summed E-state index contributed by atoms with van der Waals surface area (Å²) in [5.74, 6) is 0.430. The Labute approximate surface area is 165 Å². The number of nitrogens with two attached hydrogens (primary N) is 1. The molecule has 148 valence electrons. The van der Waals surface area contributed by atoms with Crippen LogP contribution in [0.2, 0.25) is 0 Å². The molecule has 0 saturated carbocycles. The summed E-state index contributed by atoms with van der Waals surface area (Å²) in [4.78, 5) is 28.1. The standard InChI is InChI=1S/C11H8N4O2.C8H11N3O/c12-10(16)11-13-9-3-1-2-8(15(9)14-11)7-4-5-17-6-7;1-10-7-4-5-9-11(7)6-2-3-8(10)12/h1-6H,(H2,12,16);4-5H,2-3,6H2,1H3. The second kappa shape index (κ2) is 7.58. The fourth-order valence-electron chi connectivity index (χ4n) is 3.10. The van der Waals surface area contributed by atoms with Gasteiger partial charge in [-0.1, -0.05) is 6.07 Å². The summed E-state index contributed by atoms with van der Waals surface area (Å²) in [6, 6.07) is 9.11. The highest BCUT2D eigenvalue weighted by molar-refractivity contribution is 5.92. The van der Waals surface area contributed by atoms with Gasteiger partial charge in [-0.15, -0.1) is 5.10 Å². The van der Waals surface area contributed by atoms with Crippen LogP contribution in [0.4, 0.5) is 5.82 Å². The Balaban J connectivity index is 0.000000150. The van der Waals surface area contributed by atoms with Crippen molar-refractivity contribution >= 4 is 23.3 Å². The lowest BCUT2D eigenvalue weighted by atomic mass is 10.2. The van der Waals surface area contributed by atoms with Crippen molar-refractivity contribution in [2.24, 2.45) is 5.73 Å². The van der Waals surface area contributed by atoms with Gasteiger partial charge in [-0.2, -0.15) is 5.10 Å². The summed E-state index contributed by atoms with van der Waals surface area (Å²) in [5, 5.41) is 8.18. The number of anilines is 1. The first-order chi connectivity index (χ1) is 14.0. The Morgan fingerprint density at radius 3 is 2.86 bits per heavy atom. The molecule has 1 aliphatic rings. The molecule has 0 bridgehead atoms. The molecule has 10 nitrogen and oxygen atoms in total. The molecular formula is C19H19N7O3. The van der Waals surface area contributed by atoms with Crippen LogP contribution < -0.4 is 10.6 Å². The predicted molar refractivity (Wildman–Crippen MR) is 104 cm³/mol. The third kappa shape index (κ3) is 3.59. The smallest absolute Gasteiger partial charge is 0.288 e. The highest BCUT2D eigenvalue weighted by Gasteiger charge is 2.18. The topological polar surface area (TPSA) is 125 Å². The van der Waals surface area contributed by atoms with Gasteiger partial charge in [0.05, 0.1) is 24.4 Å². The van der Waals surface area contributed by atoms with Gasteiger partial charge in [0.25, 0.3) is 5.91 Å². The van der Waals surface area contributed by atoms with Crippen LogP contribution in [-0.4, -0.2) is 43.2 Å². The lowest BCUT2D eigenvalue weighted by Gasteiger charge is -2.13. The molecule has 0 unspecified atom stereocenters. The molecule has 0 saturated heterocycles. The van der Waals surface area contributed by atoms with Gasteiger partial charge >= 0.3 is 0 Å². The number of rotatable bonds is 2. The highest BCUT2D eigenvalue weighted by Crippen LogP contribution is 2.20. The van der Waals surface area contributed by atoms with Crippen LogP contribution in [0.3, 0.4) is 0 Å². The van der Waals surface area contributed by atoms with Gasteiger partial charge < -0.3 is 15.1 Å². The molecule has 2 amide bonds. The third-order valence-electron chi connectivity index (χ3n) is 4.57. The number of amides is 2. The summed E-state index contributed by atoms with van der Waals surface area (Å²) < 4.78 is 8.45. The van der Waals surface area contributed by atoms with Crippen molar-refractivity contribution in [3.63, 3.8) is 0 Å². The Hall–Kier alpha value is -3.95. The van der Waals surface area contributed by atoms with Crippen LogP contribution in [0.15, 0.2) is 53.5 Å². The molecule has 0 spiro atoms.